The lowest BCUT2D eigenvalue weighted by Crippen LogP contribution is -2.21. The summed E-state index contributed by atoms with van der Waals surface area (Å²) in [4.78, 5) is 4.67. The normalized spacial score (nSPS) is 12.8. The number of nitrogens with one attached hydrogen (secondary N) is 1. The van der Waals surface area contributed by atoms with E-state index in [1.165, 1.54) is 0 Å². The molecule has 0 amide bonds. The molecule has 0 aliphatic carbocycles. The number of methoxy groups -OCH3 is 1. The van der Waals surface area contributed by atoms with Gasteiger partial charge in [0, 0.05) is 37.6 Å². The molecule has 1 N–H and O–H groups in total. The molecule has 1 aliphatic rings. The Kier molecular flexibility index (Phi) is 4.69. The number of hydrogen-bond donors (Lipinski definition) is 1. The predicted octanol–water partition coefficient (Wildman–Crippen LogP) is 2.32. The van der Waals surface area contributed by atoms with Crippen LogP contribution in [0.4, 0.5) is 0 Å². The van der Waals surface area contributed by atoms with Crippen LogP contribution in [0.15, 0.2) is 23.6 Å². The molecule has 0 saturated heterocycles. The summed E-state index contributed by atoms with van der Waals surface area (Å²) < 4.78 is 15.7. The van der Waals surface area contributed by atoms with Crippen LogP contribution < -0.4 is 14.8 Å². The second-order valence-corrected chi connectivity index (χ2v) is 5.63. The van der Waals surface area contributed by atoms with E-state index < -0.39 is 0 Å². The van der Waals surface area contributed by atoms with E-state index in [1.54, 1.807) is 18.4 Å². The van der Waals surface area contributed by atoms with Gasteiger partial charge < -0.3 is 19.5 Å². The quantitative estimate of drug-likeness (QED) is 0.796. The maximum absolute atomic E-state index is 5.40. The lowest BCUT2D eigenvalue weighted by atomic mass is 10.1. The van der Waals surface area contributed by atoms with Crippen molar-refractivity contribution in [3.63, 3.8) is 0 Å². The summed E-state index contributed by atoms with van der Waals surface area (Å²) in [6.07, 6.45) is 0.929. The number of thiazole rings is 1. The van der Waals surface area contributed by atoms with Crippen molar-refractivity contribution in [2.75, 3.05) is 33.6 Å². The van der Waals surface area contributed by atoms with Crippen molar-refractivity contribution >= 4 is 11.3 Å². The van der Waals surface area contributed by atoms with Gasteiger partial charge in [-0.1, -0.05) is 0 Å². The molecule has 0 atom stereocenters. The summed E-state index contributed by atoms with van der Waals surface area (Å²) in [7, 11) is 1.71. The molecular weight excluding hydrogens is 288 g/mol. The Morgan fingerprint density at radius 3 is 3.10 bits per heavy atom. The molecule has 0 unspecified atom stereocenters. The van der Waals surface area contributed by atoms with E-state index in [0.29, 0.717) is 6.79 Å². The minimum atomic E-state index is 0.300. The fourth-order valence-electron chi connectivity index (χ4n) is 2.11. The molecule has 1 aliphatic heterocycles. The number of ether oxygens (including phenoxy) is 3. The SMILES string of the molecule is COCCNCCc1nc(-c2ccc3c(c2)OCO3)cs1. The van der Waals surface area contributed by atoms with Crippen molar-refractivity contribution < 1.29 is 14.2 Å². The molecule has 0 fully saturated rings. The standard InChI is InChI=1S/C15H18N2O3S/c1-18-7-6-16-5-4-15-17-12(9-21-15)11-2-3-13-14(8-11)20-10-19-13/h2-3,8-9,16H,4-7,10H2,1H3. The van der Waals surface area contributed by atoms with E-state index >= 15 is 0 Å². The van der Waals surface area contributed by atoms with Crippen molar-refractivity contribution in [3.05, 3.63) is 28.6 Å². The first-order chi connectivity index (χ1) is 10.4. The highest BCUT2D eigenvalue weighted by atomic mass is 32.1. The molecule has 1 aromatic heterocycles. The third-order valence-corrected chi connectivity index (χ3v) is 4.13. The summed E-state index contributed by atoms with van der Waals surface area (Å²) >= 11 is 1.69. The monoisotopic (exact) mass is 306 g/mol. The second-order valence-electron chi connectivity index (χ2n) is 4.69. The van der Waals surface area contributed by atoms with Crippen molar-refractivity contribution in [1.82, 2.24) is 10.3 Å². The van der Waals surface area contributed by atoms with Crippen molar-refractivity contribution in [1.29, 1.82) is 0 Å². The third-order valence-electron chi connectivity index (χ3n) is 3.22. The van der Waals surface area contributed by atoms with Crippen LogP contribution in [-0.4, -0.2) is 38.6 Å². The van der Waals surface area contributed by atoms with Crippen molar-refractivity contribution in [2.45, 2.75) is 6.42 Å². The minimum absolute atomic E-state index is 0.300. The van der Waals surface area contributed by atoms with Gasteiger partial charge >= 0.3 is 0 Å². The molecule has 2 heterocycles. The summed E-state index contributed by atoms with van der Waals surface area (Å²) in [6, 6.07) is 5.93. The summed E-state index contributed by atoms with van der Waals surface area (Å²) in [5, 5.41) is 6.54. The van der Waals surface area contributed by atoms with Gasteiger partial charge in [-0.05, 0) is 18.2 Å². The van der Waals surface area contributed by atoms with Crippen LogP contribution in [0.3, 0.4) is 0 Å². The fraction of sp³-hybridized carbons (Fsp3) is 0.400. The highest BCUT2D eigenvalue weighted by Gasteiger charge is 2.14. The van der Waals surface area contributed by atoms with Crippen LogP contribution in [-0.2, 0) is 11.2 Å². The maximum atomic E-state index is 5.40. The van der Waals surface area contributed by atoms with Gasteiger partial charge in [-0.3, -0.25) is 0 Å². The lowest BCUT2D eigenvalue weighted by Gasteiger charge is -2.01. The van der Waals surface area contributed by atoms with Gasteiger partial charge in [-0.15, -0.1) is 11.3 Å². The van der Waals surface area contributed by atoms with Crippen LogP contribution in [0.1, 0.15) is 5.01 Å². The summed E-state index contributed by atoms with van der Waals surface area (Å²) in [5.41, 5.74) is 2.05. The van der Waals surface area contributed by atoms with E-state index in [9.17, 15) is 0 Å². The van der Waals surface area contributed by atoms with Gasteiger partial charge in [0.1, 0.15) is 0 Å². The van der Waals surface area contributed by atoms with Crippen LogP contribution in [0.2, 0.25) is 0 Å². The van der Waals surface area contributed by atoms with Gasteiger partial charge in [0.05, 0.1) is 17.3 Å². The Morgan fingerprint density at radius 2 is 2.19 bits per heavy atom. The molecule has 0 saturated carbocycles. The molecule has 21 heavy (non-hydrogen) atoms. The minimum Gasteiger partial charge on any atom is -0.454 e. The van der Waals surface area contributed by atoms with E-state index in [-0.39, 0.29) is 0 Å². The maximum Gasteiger partial charge on any atom is 0.231 e. The first kappa shape index (κ1) is 14.3. The average molecular weight is 306 g/mol. The first-order valence-corrected chi connectivity index (χ1v) is 7.79. The van der Waals surface area contributed by atoms with Gasteiger partial charge in [0.15, 0.2) is 11.5 Å². The zero-order valence-corrected chi connectivity index (χ0v) is 12.7. The van der Waals surface area contributed by atoms with Crippen molar-refractivity contribution in [2.24, 2.45) is 0 Å². The lowest BCUT2D eigenvalue weighted by molar-refractivity contribution is 0.174. The van der Waals surface area contributed by atoms with Crippen LogP contribution >= 0.6 is 11.3 Å². The molecule has 3 rings (SSSR count). The Labute approximate surface area is 127 Å². The van der Waals surface area contributed by atoms with Gasteiger partial charge in [-0.25, -0.2) is 4.98 Å². The molecule has 112 valence electrons. The molecule has 1 aromatic carbocycles. The Hall–Kier alpha value is -1.63. The predicted molar refractivity (Wildman–Crippen MR) is 82.1 cm³/mol. The topological polar surface area (TPSA) is 52.6 Å². The zero-order chi connectivity index (χ0) is 14.5. The molecular formula is C15H18N2O3S. The average Bonchev–Trinajstić information content (AvgIpc) is 3.15. The van der Waals surface area contributed by atoms with Gasteiger partial charge in [0.25, 0.3) is 0 Å². The Balaban J connectivity index is 1.59. The molecule has 6 heteroatoms. The van der Waals surface area contributed by atoms with E-state index in [1.807, 2.05) is 18.2 Å². The van der Waals surface area contributed by atoms with Gasteiger partial charge in [-0.2, -0.15) is 0 Å². The molecule has 5 nitrogen and oxygen atoms in total. The summed E-state index contributed by atoms with van der Waals surface area (Å²) in [5.74, 6) is 1.60. The second kappa shape index (κ2) is 6.89. The third kappa shape index (κ3) is 3.53. The highest BCUT2D eigenvalue weighted by Crippen LogP contribution is 2.36. The van der Waals surface area contributed by atoms with Crippen molar-refractivity contribution in [3.8, 4) is 22.8 Å². The zero-order valence-electron chi connectivity index (χ0n) is 11.9. The Morgan fingerprint density at radius 1 is 1.29 bits per heavy atom. The number of benzene rings is 1. The Bertz CT molecular complexity index is 600. The van der Waals surface area contributed by atoms with E-state index in [2.05, 4.69) is 15.7 Å². The van der Waals surface area contributed by atoms with Crippen LogP contribution in [0, 0.1) is 0 Å². The first-order valence-electron chi connectivity index (χ1n) is 6.91. The van der Waals surface area contributed by atoms with Crippen LogP contribution in [0.5, 0.6) is 11.5 Å². The summed E-state index contributed by atoms with van der Waals surface area (Å²) in [6.45, 7) is 2.82. The molecule has 0 spiro atoms. The number of rotatable bonds is 7. The number of nitrogens with zero attached hydrogens (tertiary/aromatic N) is 1. The number of aromatic nitrogens is 1. The fourth-order valence-corrected chi connectivity index (χ4v) is 2.92. The molecule has 0 bridgehead atoms. The number of hydrogen-bond acceptors (Lipinski definition) is 6. The molecule has 2 aromatic rings. The van der Waals surface area contributed by atoms with Gasteiger partial charge in [0.2, 0.25) is 6.79 Å². The smallest absolute Gasteiger partial charge is 0.231 e. The highest BCUT2D eigenvalue weighted by molar-refractivity contribution is 7.09. The van der Waals surface area contributed by atoms with E-state index in [4.69, 9.17) is 14.2 Å². The largest absolute Gasteiger partial charge is 0.454 e. The van der Waals surface area contributed by atoms with E-state index in [0.717, 1.165) is 53.9 Å². The van der Waals surface area contributed by atoms with Crippen LogP contribution in [0.25, 0.3) is 11.3 Å². The number of fused-ring (bicyclic) bond motifs is 1. The molecule has 0 radical (unpaired) electrons.